The van der Waals surface area contributed by atoms with Crippen molar-refractivity contribution in [3.8, 4) is 11.5 Å². The van der Waals surface area contributed by atoms with Crippen LogP contribution in [0, 0.1) is 0 Å². The third-order valence-electron chi connectivity index (χ3n) is 3.95. The Morgan fingerprint density at radius 2 is 1.96 bits per heavy atom. The lowest BCUT2D eigenvalue weighted by Gasteiger charge is -2.25. The molecule has 1 heterocycles. The fraction of sp³-hybridized carbons (Fsp3) is 0.278. The molecule has 0 radical (unpaired) electrons. The molecule has 1 unspecified atom stereocenters. The van der Waals surface area contributed by atoms with Gasteiger partial charge in [0.25, 0.3) is 5.91 Å². The molecule has 1 N–H and O–H groups in total. The van der Waals surface area contributed by atoms with Crippen molar-refractivity contribution < 1.29 is 14.3 Å². The van der Waals surface area contributed by atoms with E-state index in [1.165, 1.54) is 0 Å². The summed E-state index contributed by atoms with van der Waals surface area (Å²) < 4.78 is 11.7. The van der Waals surface area contributed by atoms with Crippen molar-refractivity contribution in [1.29, 1.82) is 0 Å². The van der Waals surface area contributed by atoms with E-state index in [0.29, 0.717) is 12.1 Å². The lowest BCUT2D eigenvalue weighted by atomic mass is 10.0. The van der Waals surface area contributed by atoms with E-state index in [1.807, 2.05) is 44.4 Å². The lowest BCUT2D eigenvalue weighted by molar-refractivity contribution is 0.0942. The van der Waals surface area contributed by atoms with Gasteiger partial charge in [0.2, 0.25) is 6.79 Å². The van der Waals surface area contributed by atoms with Crippen molar-refractivity contribution in [2.24, 2.45) is 0 Å². The predicted octanol–water partition coefficient (Wildman–Crippen LogP) is 3.63. The number of carbonyl (C=O) groups excluding carboxylic acids is 1. The Morgan fingerprint density at radius 1 is 1.20 bits per heavy atom. The average molecular weight is 428 g/mol. The van der Waals surface area contributed by atoms with Crippen LogP contribution in [0.5, 0.6) is 11.5 Å². The monoisotopic (exact) mass is 426 g/mol. The molecule has 0 saturated carbocycles. The van der Waals surface area contributed by atoms with Gasteiger partial charge < -0.3 is 19.7 Å². The normalized spacial score (nSPS) is 13.3. The third kappa shape index (κ3) is 4.66. The lowest BCUT2D eigenvalue weighted by Crippen LogP contribution is -2.34. The van der Waals surface area contributed by atoms with Crippen LogP contribution in [-0.2, 0) is 0 Å². The first-order valence-corrected chi connectivity index (χ1v) is 8.43. The molecule has 1 aliphatic heterocycles. The predicted molar refractivity (Wildman–Crippen MR) is 103 cm³/mol. The van der Waals surface area contributed by atoms with Crippen LogP contribution in [0.4, 0.5) is 0 Å². The van der Waals surface area contributed by atoms with E-state index in [-0.39, 0.29) is 31.1 Å². The second-order valence-corrected chi connectivity index (χ2v) is 6.73. The molecular formula is C18H20BrClN2O3. The van der Waals surface area contributed by atoms with E-state index < -0.39 is 0 Å². The highest BCUT2D eigenvalue weighted by Crippen LogP contribution is 2.34. The van der Waals surface area contributed by atoms with Gasteiger partial charge in [0.05, 0.1) is 6.04 Å². The molecular weight excluding hydrogens is 408 g/mol. The van der Waals surface area contributed by atoms with Gasteiger partial charge in [-0.15, -0.1) is 12.4 Å². The van der Waals surface area contributed by atoms with Gasteiger partial charge in [-0.25, -0.2) is 0 Å². The molecule has 25 heavy (non-hydrogen) atoms. The van der Waals surface area contributed by atoms with Gasteiger partial charge in [-0.3, -0.25) is 4.79 Å². The van der Waals surface area contributed by atoms with Crippen LogP contribution < -0.4 is 14.8 Å². The fourth-order valence-electron chi connectivity index (χ4n) is 2.64. The Balaban J connectivity index is 0.00000225. The quantitative estimate of drug-likeness (QED) is 0.792. The summed E-state index contributed by atoms with van der Waals surface area (Å²) in [6.07, 6.45) is 0. The number of ether oxygens (including phenoxy) is 2. The Labute approximate surface area is 161 Å². The molecule has 3 rings (SSSR count). The Kier molecular flexibility index (Phi) is 6.70. The summed E-state index contributed by atoms with van der Waals surface area (Å²) in [4.78, 5) is 14.4. The summed E-state index contributed by atoms with van der Waals surface area (Å²) in [6, 6.07) is 13.3. The van der Waals surface area contributed by atoms with Gasteiger partial charge >= 0.3 is 0 Å². The summed E-state index contributed by atoms with van der Waals surface area (Å²) in [6.45, 7) is 0.753. The third-order valence-corrected chi connectivity index (χ3v) is 4.44. The number of benzene rings is 2. The van der Waals surface area contributed by atoms with Crippen LogP contribution in [-0.4, -0.2) is 38.2 Å². The molecule has 1 atom stereocenters. The number of nitrogens with one attached hydrogen (secondary N) is 1. The molecule has 0 aliphatic carbocycles. The molecule has 0 bridgehead atoms. The van der Waals surface area contributed by atoms with Crippen LogP contribution >= 0.6 is 28.3 Å². The minimum atomic E-state index is -0.0936. The van der Waals surface area contributed by atoms with Crippen molar-refractivity contribution in [2.45, 2.75) is 6.04 Å². The standard InChI is InChI=1S/C18H19BrN2O3.ClH/c1-21(2)15(12-6-7-16-17(9-12)24-11-23-16)10-20-18(22)13-4-3-5-14(19)8-13;/h3-9,15H,10-11H2,1-2H3,(H,20,22);1H. The average Bonchev–Trinajstić information content (AvgIpc) is 3.02. The minimum absolute atomic E-state index is 0. The van der Waals surface area contributed by atoms with Crippen molar-refractivity contribution in [1.82, 2.24) is 10.2 Å². The smallest absolute Gasteiger partial charge is 0.251 e. The van der Waals surface area contributed by atoms with Gasteiger partial charge in [-0.1, -0.05) is 28.1 Å². The first-order valence-electron chi connectivity index (χ1n) is 7.64. The van der Waals surface area contributed by atoms with Gasteiger partial charge in [0.15, 0.2) is 11.5 Å². The molecule has 0 spiro atoms. The zero-order valence-electron chi connectivity index (χ0n) is 14.0. The number of amides is 1. The van der Waals surface area contributed by atoms with E-state index in [9.17, 15) is 4.79 Å². The maximum atomic E-state index is 12.3. The van der Waals surface area contributed by atoms with Crippen LogP contribution in [0.1, 0.15) is 22.0 Å². The zero-order chi connectivity index (χ0) is 17.1. The summed E-state index contributed by atoms with van der Waals surface area (Å²) in [5, 5.41) is 3.00. The van der Waals surface area contributed by atoms with E-state index in [0.717, 1.165) is 21.5 Å². The Bertz CT molecular complexity index is 755. The van der Waals surface area contributed by atoms with E-state index in [1.54, 1.807) is 12.1 Å². The van der Waals surface area contributed by atoms with E-state index in [4.69, 9.17) is 9.47 Å². The molecule has 0 fully saturated rings. The molecule has 2 aromatic rings. The number of rotatable bonds is 5. The number of likely N-dealkylation sites (N-methyl/N-ethyl adjacent to an activating group) is 1. The van der Waals surface area contributed by atoms with Crippen LogP contribution in [0.3, 0.4) is 0 Å². The maximum Gasteiger partial charge on any atom is 0.251 e. The number of carbonyl (C=O) groups is 1. The molecule has 0 saturated heterocycles. The number of fused-ring (bicyclic) bond motifs is 1. The highest BCUT2D eigenvalue weighted by Gasteiger charge is 2.20. The Hall–Kier alpha value is -1.76. The minimum Gasteiger partial charge on any atom is -0.454 e. The van der Waals surface area contributed by atoms with Gasteiger partial charge in [0.1, 0.15) is 0 Å². The zero-order valence-corrected chi connectivity index (χ0v) is 16.4. The molecule has 5 nitrogen and oxygen atoms in total. The topological polar surface area (TPSA) is 50.8 Å². The summed E-state index contributed by atoms with van der Waals surface area (Å²) in [5.74, 6) is 1.41. The largest absolute Gasteiger partial charge is 0.454 e. The van der Waals surface area contributed by atoms with Crippen molar-refractivity contribution in [3.63, 3.8) is 0 Å². The SMILES string of the molecule is CN(C)C(CNC(=O)c1cccc(Br)c1)c1ccc2c(c1)OCO2.Cl. The maximum absolute atomic E-state index is 12.3. The molecule has 7 heteroatoms. The molecule has 134 valence electrons. The number of hydrogen-bond donors (Lipinski definition) is 1. The highest BCUT2D eigenvalue weighted by atomic mass is 79.9. The van der Waals surface area contributed by atoms with Crippen molar-refractivity contribution in [3.05, 3.63) is 58.1 Å². The van der Waals surface area contributed by atoms with Crippen LogP contribution in [0.2, 0.25) is 0 Å². The second-order valence-electron chi connectivity index (χ2n) is 5.81. The van der Waals surface area contributed by atoms with Crippen molar-refractivity contribution >= 4 is 34.2 Å². The Morgan fingerprint density at radius 3 is 2.68 bits per heavy atom. The highest BCUT2D eigenvalue weighted by molar-refractivity contribution is 9.10. The first kappa shape index (κ1) is 19.6. The molecule has 0 aromatic heterocycles. The summed E-state index contributed by atoms with van der Waals surface area (Å²) >= 11 is 3.39. The van der Waals surface area contributed by atoms with E-state index >= 15 is 0 Å². The summed E-state index contributed by atoms with van der Waals surface area (Å²) in [7, 11) is 3.97. The number of nitrogens with zero attached hydrogens (tertiary/aromatic N) is 1. The number of halogens is 2. The van der Waals surface area contributed by atoms with Crippen LogP contribution in [0.25, 0.3) is 0 Å². The van der Waals surface area contributed by atoms with Gasteiger partial charge in [0, 0.05) is 16.6 Å². The summed E-state index contributed by atoms with van der Waals surface area (Å²) in [5.41, 5.74) is 1.70. The first-order chi connectivity index (χ1) is 11.5. The van der Waals surface area contributed by atoms with Crippen LogP contribution in [0.15, 0.2) is 46.9 Å². The molecule has 1 aliphatic rings. The van der Waals surface area contributed by atoms with Crippen molar-refractivity contribution in [2.75, 3.05) is 27.4 Å². The second kappa shape index (κ2) is 8.56. The van der Waals surface area contributed by atoms with E-state index in [2.05, 4.69) is 26.1 Å². The number of hydrogen-bond acceptors (Lipinski definition) is 4. The molecule has 1 amide bonds. The fourth-order valence-corrected chi connectivity index (χ4v) is 3.04. The van der Waals surface area contributed by atoms with Gasteiger partial charge in [-0.05, 0) is 50.0 Å². The van der Waals surface area contributed by atoms with Gasteiger partial charge in [-0.2, -0.15) is 0 Å². The molecule has 2 aromatic carbocycles.